The minimum absolute atomic E-state index is 0.467. The maximum absolute atomic E-state index is 11.1. The first-order chi connectivity index (χ1) is 9.74. The molecule has 0 bridgehead atoms. The number of nitrogens with zero attached hydrogens (tertiary/aromatic N) is 1. The highest BCUT2D eigenvalue weighted by molar-refractivity contribution is 5.85. The number of anilines is 1. The molecule has 1 N–H and O–H groups in total. The average Bonchev–Trinajstić information content (AvgIpc) is 2.49. The summed E-state index contributed by atoms with van der Waals surface area (Å²) in [7, 11) is 1.34. The van der Waals surface area contributed by atoms with Crippen molar-refractivity contribution in [1.29, 1.82) is 0 Å². The summed E-state index contributed by atoms with van der Waals surface area (Å²) in [5.74, 6) is 0. The first kappa shape index (κ1) is 14.1. The molecule has 0 aliphatic heterocycles. The normalized spacial score (nSPS) is 10.1. The number of methoxy groups -OCH3 is 1. The van der Waals surface area contributed by atoms with Gasteiger partial charge in [0.05, 0.1) is 7.11 Å². The van der Waals surface area contributed by atoms with Crippen molar-refractivity contribution in [3.63, 3.8) is 0 Å². The molecule has 2 rings (SSSR count). The Kier molecular flexibility index (Phi) is 4.71. The average molecular weight is 270 g/mol. The third-order valence-electron chi connectivity index (χ3n) is 3.00. The Bertz CT molecular complexity index is 579. The standard InChI is InChI=1S/C16H18N2O2/c1-3-5-15-14(6-4-11-17-15)12-7-9-13(10-8-12)18-16(19)20-2/h4,6-11H,3,5H2,1-2H3,(H,18,19). The zero-order valence-electron chi connectivity index (χ0n) is 11.7. The molecule has 0 saturated carbocycles. The van der Waals surface area contributed by atoms with E-state index in [0.717, 1.165) is 29.7 Å². The number of aromatic nitrogens is 1. The Morgan fingerprint density at radius 2 is 2.00 bits per heavy atom. The van der Waals surface area contributed by atoms with Gasteiger partial charge in [0.25, 0.3) is 0 Å². The first-order valence-corrected chi connectivity index (χ1v) is 6.64. The van der Waals surface area contributed by atoms with Crippen LogP contribution in [0.4, 0.5) is 10.5 Å². The van der Waals surface area contributed by atoms with Crippen LogP contribution < -0.4 is 5.32 Å². The second-order valence-corrected chi connectivity index (χ2v) is 4.44. The van der Waals surface area contributed by atoms with Crippen LogP contribution in [0.2, 0.25) is 0 Å². The molecule has 104 valence electrons. The Morgan fingerprint density at radius 1 is 1.25 bits per heavy atom. The number of hydrogen-bond donors (Lipinski definition) is 1. The number of ether oxygens (including phenoxy) is 1. The molecule has 2 aromatic rings. The molecule has 4 heteroatoms. The molecule has 0 saturated heterocycles. The number of carbonyl (C=O) groups excluding carboxylic acids is 1. The second-order valence-electron chi connectivity index (χ2n) is 4.44. The van der Waals surface area contributed by atoms with E-state index in [0.29, 0.717) is 5.69 Å². The highest BCUT2D eigenvalue weighted by Crippen LogP contribution is 2.24. The number of nitrogens with one attached hydrogen (secondary N) is 1. The lowest BCUT2D eigenvalue weighted by Crippen LogP contribution is -2.10. The summed E-state index contributed by atoms with van der Waals surface area (Å²) in [5, 5.41) is 2.63. The third kappa shape index (κ3) is 3.35. The molecule has 0 atom stereocenters. The molecule has 20 heavy (non-hydrogen) atoms. The van der Waals surface area contributed by atoms with Gasteiger partial charge in [-0.15, -0.1) is 0 Å². The van der Waals surface area contributed by atoms with Crippen molar-refractivity contribution in [2.75, 3.05) is 12.4 Å². The van der Waals surface area contributed by atoms with Crippen LogP contribution >= 0.6 is 0 Å². The van der Waals surface area contributed by atoms with Gasteiger partial charge in [0.1, 0.15) is 0 Å². The van der Waals surface area contributed by atoms with Crippen LogP contribution in [-0.2, 0) is 11.2 Å². The van der Waals surface area contributed by atoms with Gasteiger partial charge in [0, 0.05) is 23.1 Å². The number of carbonyl (C=O) groups is 1. The van der Waals surface area contributed by atoms with Gasteiger partial charge in [-0.05, 0) is 30.2 Å². The molecule has 1 heterocycles. The van der Waals surface area contributed by atoms with Crippen LogP contribution in [0, 0.1) is 0 Å². The Hall–Kier alpha value is -2.36. The maximum Gasteiger partial charge on any atom is 0.411 e. The Labute approximate surface area is 118 Å². The molecule has 0 unspecified atom stereocenters. The van der Waals surface area contributed by atoms with Crippen molar-refractivity contribution in [3.8, 4) is 11.1 Å². The van der Waals surface area contributed by atoms with Crippen molar-refractivity contribution < 1.29 is 9.53 Å². The molecule has 4 nitrogen and oxygen atoms in total. The maximum atomic E-state index is 11.1. The van der Waals surface area contributed by atoms with Gasteiger partial charge in [-0.3, -0.25) is 10.3 Å². The van der Waals surface area contributed by atoms with Gasteiger partial charge >= 0.3 is 6.09 Å². The third-order valence-corrected chi connectivity index (χ3v) is 3.00. The van der Waals surface area contributed by atoms with Gasteiger partial charge in [-0.25, -0.2) is 4.79 Å². The number of benzene rings is 1. The van der Waals surface area contributed by atoms with Crippen molar-refractivity contribution in [2.45, 2.75) is 19.8 Å². The van der Waals surface area contributed by atoms with E-state index in [1.54, 1.807) is 0 Å². The van der Waals surface area contributed by atoms with E-state index in [1.807, 2.05) is 36.5 Å². The second kappa shape index (κ2) is 6.70. The first-order valence-electron chi connectivity index (χ1n) is 6.64. The quantitative estimate of drug-likeness (QED) is 0.917. The topological polar surface area (TPSA) is 51.2 Å². The fraction of sp³-hybridized carbons (Fsp3) is 0.250. The lowest BCUT2D eigenvalue weighted by Gasteiger charge is -2.09. The molecule has 0 fully saturated rings. The van der Waals surface area contributed by atoms with E-state index >= 15 is 0 Å². The summed E-state index contributed by atoms with van der Waals surface area (Å²) >= 11 is 0. The highest BCUT2D eigenvalue weighted by atomic mass is 16.5. The van der Waals surface area contributed by atoms with Crippen LogP contribution in [0.15, 0.2) is 42.6 Å². The number of hydrogen-bond acceptors (Lipinski definition) is 3. The van der Waals surface area contributed by atoms with Gasteiger partial charge in [0.15, 0.2) is 0 Å². The summed E-state index contributed by atoms with van der Waals surface area (Å²) in [6.07, 6.45) is 3.37. The van der Waals surface area contributed by atoms with Gasteiger partial charge in [-0.2, -0.15) is 0 Å². The van der Waals surface area contributed by atoms with Crippen molar-refractivity contribution in [1.82, 2.24) is 4.98 Å². The minimum Gasteiger partial charge on any atom is -0.453 e. The van der Waals surface area contributed by atoms with Crippen LogP contribution in [0.5, 0.6) is 0 Å². The summed E-state index contributed by atoms with van der Waals surface area (Å²) < 4.78 is 4.56. The fourth-order valence-electron chi connectivity index (χ4n) is 2.04. The highest BCUT2D eigenvalue weighted by Gasteiger charge is 2.06. The summed E-state index contributed by atoms with van der Waals surface area (Å²) in [6, 6.07) is 11.7. The van der Waals surface area contributed by atoms with Crippen LogP contribution in [-0.4, -0.2) is 18.2 Å². The largest absolute Gasteiger partial charge is 0.453 e. The van der Waals surface area contributed by atoms with Crippen LogP contribution in [0.1, 0.15) is 19.0 Å². The lowest BCUT2D eigenvalue weighted by molar-refractivity contribution is 0.187. The zero-order chi connectivity index (χ0) is 14.4. The summed E-state index contributed by atoms with van der Waals surface area (Å²) in [5.41, 5.74) is 4.04. The number of aryl methyl sites for hydroxylation is 1. The van der Waals surface area contributed by atoms with Crippen molar-refractivity contribution in [3.05, 3.63) is 48.3 Å². The van der Waals surface area contributed by atoms with E-state index in [2.05, 4.69) is 28.0 Å². The molecule has 1 aromatic carbocycles. The monoisotopic (exact) mass is 270 g/mol. The lowest BCUT2D eigenvalue weighted by atomic mass is 10.0. The van der Waals surface area contributed by atoms with Crippen LogP contribution in [0.3, 0.4) is 0 Å². The molecular formula is C16H18N2O2. The predicted molar refractivity (Wildman–Crippen MR) is 79.7 cm³/mol. The molecule has 0 radical (unpaired) electrons. The number of amides is 1. The predicted octanol–water partition coefficient (Wildman–Crippen LogP) is 3.88. The molecule has 0 aliphatic carbocycles. The minimum atomic E-state index is -0.467. The van der Waals surface area contributed by atoms with E-state index in [1.165, 1.54) is 7.11 Å². The van der Waals surface area contributed by atoms with E-state index in [-0.39, 0.29) is 0 Å². The molecule has 1 aromatic heterocycles. The number of rotatable bonds is 4. The Morgan fingerprint density at radius 3 is 2.65 bits per heavy atom. The smallest absolute Gasteiger partial charge is 0.411 e. The van der Waals surface area contributed by atoms with E-state index in [9.17, 15) is 4.79 Å². The zero-order valence-corrected chi connectivity index (χ0v) is 11.7. The SMILES string of the molecule is CCCc1ncccc1-c1ccc(NC(=O)OC)cc1. The summed E-state index contributed by atoms with van der Waals surface area (Å²) in [6.45, 7) is 2.14. The Balaban J connectivity index is 2.24. The van der Waals surface area contributed by atoms with Crippen molar-refractivity contribution in [2.24, 2.45) is 0 Å². The van der Waals surface area contributed by atoms with Crippen LogP contribution in [0.25, 0.3) is 11.1 Å². The van der Waals surface area contributed by atoms with Gasteiger partial charge in [-0.1, -0.05) is 31.5 Å². The van der Waals surface area contributed by atoms with E-state index in [4.69, 9.17) is 0 Å². The van der Waals surface area contributed by atoms with E-state index < -0.39 is 6.09 Å². The fourth-order valence-corrected chi connectivity index (χ4v) is 2.04. The van der Waals surface area contributed by atoms with Gasteiger partial charge < -0.3 is 4.74 Å². The van der Waals surface area contributed by atoms with Crippen molar-refractivity contribution >= 4 is 11.8 Å². The molecular weight excluding hydrogens is 252 g/mol. The molecule has 1 amide bonds. The summed E-state index contributed by atoms with van der Waals surface area (Å²) in [4.78, 5) is 15.6. The number of pyridine rings is 1. The van der Waals surface area contributed by atoms with Gasteiger partial charge in [0.2, 0.25) is 0 Å². The molecule has 0 spiro atoms. The molecule has 0 aliphatic rings.